The molecule has 0 aliphatic rings. The molecule has 2 aromatic rings. The van der Waals surface area contributed by atoms with Crippen LogP contribution in [0.25, 0.3) is 11.3 Å². The predicted molar refractivity (Wildman–Crippen MR) is 68.4 cm³/mol. The van der Waals surface area contributed by atoms with Crippen LogP contribution in [0.15, 0.2) is 30.9 Å². The highest BCUT2D eigenvalue weighted by molar-refractivity contribution is 8.00. The van der Waals surface area contributed by atoms with E-state index in [-0.39, 0.29) is 24.1 Å². The summed E-state index contributed by atoms with van der Waals surface area (Å²) in [6.45, 7) is 0.226. The normalized spacial score (nSPS) is 11.7. The summed E-state index contributed by atoms with van der Waals surface area (Å²) in [7, 11) is 0. The number of thioether (sulfide) groups is 1. The molecule has 102 valence electrons. The van der Waals surface area contributed by atoms with Gasteiger partial charge in [-0.3, -0.25) is 0 Å². The summed E-state index contributed by atoms with van der Waals surface area (Å²) in [5.41, 5.74) is 2.76. The molecule has 4 nitrogen and oxygen atoms in total. The maximum atomic E-state index is 12.1. The zero-order valence-electron chi connectivity index (χ0n) is 9.76. The molecule has 0 aliphatic carbocycles. The fourth-order valence-electron chi connectivity index (χ4n) is 1.56. The number of alkyl halides is 3. The Morgan fingerprint density at radius 3 is 2.68 bits per heavy atom. The van der Waals surface area contributed by atoms with Crippen LogP contribution in [0.5, 0.6) is 0 Å². The lowest BCUT2D eigenvalue weighted by atomic mass is 10.2. The van der Waals surface area contributed by atoms with Crippen LogP contribution in [0.1, 0.15) is 0 Å². The van der Waals surface area contributed by atoms with Crippen molar-refractivity contribution in [1.29, 1.82) is 0 Å². The molecular formula is C11H11F3N4S. The first-order chi connectivity index (χ1) is 8.96. The minimum Gasteiger partial charge on any atom is -0.384 e. The molecular weight excluding hydrogens is 277 g/mol. The number of pyridine rings is 1. The molecule has 2 rings (SSSR count). The third-order valence-electron chi connectivity index (χ3n) is 2.39. The van der Waals surface area contributed by atoms with E-state index in [1.165, 1.54) is 6.33 Å². The van der Waals surface area contributed by atoms with Gasteiger partial charge in [-0.2, -0.15) is 13.2 Å². The van der Waals surface area contributed by atoms with E-state index >= 15 is 0 Å². The molecule has 19 heavy (non-hydrogen) atoms. The first-order valence-electron chi connectivity index (χ1n) is 5.38. The maximum Gasteiger partial charge on any atom is 0.441 e. The van der Waals surface area contributed by atoms with E-state index in [1.54, 1.807) is 29.1 Å². The average Bonchev–Trinajstić information content (AvgIpc) is 2.77. The summed E-state index contributed by atoms with van der Waals surface area (Å²) in [6.07, 6.45) is 4.66. The second-order valence-corrected chi connectivity index (χ2v) is 4.90. The summed E-state index contributed by atoms with van der Waals surface area (Å²) in [5.74, 6) is 0.331. The number of nitrogens with two attached hydrogens (primary N) is 1. The lowest BCUT2D eigenvalue weighted by Crippen LogP contribution is -2.07. The van der Waals surface area contributed by atoms with Gasteiger partial charge in [-0.1, -0.05) is 0 Å². The molecule has 0 saturated carbocycles. The number of aryl methyl sites for hydroxylation is 1. The van der Waals surface area contributed by atoms with Crippen LogP contribution in [0.4, 0.5) is 19.0 Å². The van der Waals surface area contributed by atoms with Crippen LogP contribution in [0, 0.1) is 0 Å². The molecule has 0 bridgehead atoms. The standard InChI is InChI=1S/C11H11F3N4S/c12-11(13,14)19-4-3-18-7-16-6-9(18)8-1-2-10(15)17-5-8/h1-2,5-7H,3-4H2,(H2,15,17). The fraction of sp³-hybridized carbons (Fsp3) is 0.273. The maximum absolute atomic E-state index is 12.1. The van der Waals surface area contributed by atoms with Crippen molar-refractivity contribution in [3.8, 4) is 11.3 Å². The molecule has 0 saturated heterocycles. The molecule has 2 N–H and O–H groups in total. The molecule has 2 heterocycles. The Hall–Kier alpha value is -1.70. The Kier molecular flexibility index (Phi) is 3.98. The Labute approximate surface area is 111 Å². The van der Waals surface area contributed by atoms with Gasteiger partial charge < -0.3 is 10.3 Å². The van der Waals surface area contributed by atoms with Gasteiger partial charge in [0.2, 0.25) is 0 Å². The fourth-order valence-corrected chi connectivity index (χ4v) is 2.08. The quantitative estimate of drug-likeness (QED) is 0.940. The summed E-state index contributed by atoms with van der Waals surface area (Å²) >= 11 is -0.0461. The van der Waals surface area contributed by atoms with Crippen LogP contribution in [-0.4, -0.2) is 25.8 Å². The first-order valence-corrected chi connectivity index (χ1v) is 6.37. The van der Waals surface area contributed by atoms with Crippen molar-refractivity contribution < 1.29 is 13.2 Å². The van der Waals surface area contributed by atoms with Gasteiger partial charge >= 0.3 is 5.51 Å². The molecule has 0 unspecified atom stereocenters. The monoisotopic (exact) mass is 288 g/mol. The van der Waals surface area contributed by atoms with Crippen LogP contribution in [0.3, 0.4) is 0 Å². The number of aromatic nitrogens is 3. The second kappa shape index (κ2) is 5.52. The highest BCUT2D eigenvalue weighted by Crippen LogP contribution is 2.30. The van der Waals surface area contributed by atoms with E-state index in [4.69, 9.17) is 5.73 Å². The summed E-state index contributed by atoms with van der Waals surface area (Å²) in [5, 5.41) is 0. The van der Waals surface area contributed by atoms with Gasteiger partial charge in [-0.05, 0) is 23.9 Å². The highest BCUT2D eigenvalue weighted by Gasteiger charge is 2.27. The van der Waals surface area contributed by atoms with Gasteiger partial charge in [0.05, 0.1) is 18.2 Å². The molecule has 8 heteroatoms. The summed E-state index contributed by atoms with van der Waals surface area (Å²) in [6, 6.07) is 3.39. The number of anilines is 1. The molecule has 0 radical (unpaired) electrons. The first kappa shape index (κ1) is 13.7. The molecule has 0 amide bonds. The van der Waals surface area contributed by atoms with Gasteiger partial charge in [0.15, 0.2) is 0 Å². The smallest absolute Gasteiger partial charge is 0.384 e. The Balaban J connectivity index is 2.07. The van der Waals surface area contributed by atoms with E-state index in [9.17, 15) is 13.2 Å². The molecule has 0 aromatic carbocycles. The van der Waals surface area contributed by atoms with Crippen molar-refractivity contribution in [2.75, 3.05) is 11.5 Å². The number of hydrogen-bond donors (Lipinski definition) is 1. The van der Waals surface area contributed by atoms with Crippen molar-refractivity contribution >= 4 is 17.6 Å². The van der Waals surface area contributed by atoms with Crippen molar-refractivity contribution in [2.45, 2.75) is 12.1 Å². The van der Waals surface area contributed by atoms with Crippen LogP contribution in [0.2, 0.25) is 0 Å². The molecule has 0 aliphatic heterocycles. The van der Waals surface area contributed by atoms with Gasteiger partial charge in [0, 0.05) is 24.1 Å². The van der Waals surface area contributed by atoms with E-state index in [2.05, 4.69) is 9.97 Å². The Morgan fingerprint density at radius 1 is 1.26 bits per heavy atom. The van der Waals surface area contributed by atoms with E-state index in [1.807, 2.05) is 0 Å². The molecule has 0 fully saturated rings. The van der Waals surface area contributed by atoms with E-state index < -0.39 is 5.51 Å². The Morgan fingerprint density at radius 2 is 2.05 bits per heavy atom. The number of halogens is 3. The summed E-state index contributed by atoms with van der Waals surface area (Å²) < 4.78 is 37.9. The third-order valence-corrected chi connectivity index (χ3v) is 3.11. The average molecular weight is 288 g/mol. The third kappa shape index (κ3) is 3.88. The minimum absolute atomic E-state index is 0.0461. The van der Waals surface area contributed by atoms with Crippen LogP contribution < -0.4 is 5.73 Å². The van der Waals surface area contributed by atoms with Crippen molar-refractivity contribution in [3.05, 3.63) is 30.9 Å². The number of nitrogens with zero attached hydrogens (tertiary/aromatic N) is 3. The molecule has 2 aromatic heterocycles. The molecule has 0 spiro atoms. The number of nitrogen functional groups attached to an aromatic ring is 1. The lowest BCUT2D eigenvalue weighted by Gasteiger charge is -2.09. The second-order valence-electron chi connectivity index (χ2n) is 3.74. The van der Waals surface area contributed by atoms with Gasteiger partial charge in [0.1, 0.15) is 5.82 Å². The van der Waals surface area contributed by atoms with E-state index in [0.29, 0.717) is 5.82 Å². The number of imidazole rings is 1. The summed E-state index contributed by atoms with van der Waals surface area (Å²) in [4.78, 5) is 7.90. The number of rotatable bonds is 4. The zero-order valence-corrected chi connectivity index (χ0v) is 10.6. The van der Waals surface area contributed by atoms with Gasteiger partial charge in [0.25, 0.3) is 0 Å². The zero-order chi connectivity index (χ0) is 13.9. The SMILES string of the molecule is Nc1ccc(-c2cncn2CCSC(F)(F)F)cn1. The van der Waals surface area contributed by atoms with Crippen LogP contribution >= 0.6 is 11.8 Å². The van der Waals surface area contributed by atoms with Gasteiger partial charge in [-0.25, -0.2) is 9.97 Å². The van der Waals surface area contributed by atoms with E-state index in [0.717, 1.165) is 11.3 Å². The Bertz CT molecular complexity index is 536. The number of hydrogen-bond acceptors (Lipinski definition) is 4. The van der Waals surface area contributed by atoms with Crippen molar-refractivity contribution in [2.24, 2.45) is 0 Å². The molecule has 0 atom stereocenters. The minimum atomic E-state index is -4.20. The largest absolute Gasteiger partial charge is 0.441 e. The van der Waals surface area contributed by atoms with Gasteiger partial charge in [-0.15, -0.1) is 0 Å². The predicted octanol–water partition coefficient (Wildman–Crippen LogP) is 2.78. The highest BCUT2D eigenvalue weighted by atomic mass is 32.2. The van der Waals surface area contributed by atoms with Crippen molar-refractivity contribution in [1.82, 2.24) is 14.5 Å². The van der Waals surface area contributed by atoms with Crippen molar-refractivity contribution in [3.63, 3.8) is 0 Å². The topological polar surface area (TPSA) is 56.7 Å². The lowest BCUT2D eigenvalue weighted by molar-refractivity contribution is -0.0328. The van der Waals surface area contributed by atoms with Crippen LogP contribution in [-0.2, 0) is 6.54 Å².